The van der Waals surface area contributed by atoms with Crippen LogP contribution in [0, 0.1) is 0 Å². The van der Waals surface area contributed by atoms with E-state index >= 15 is 0 Å². The van der Waals surface area contributed by atoms with Gasteiger partial charge in [-0.25, -0.2) is 0 Å². The van der Waals surface area contributed by atoms with Crippen molar-refractivity contribution in [2.75, 3.05) is 5.75 Å². The first kappa shape index (κ1) is 12.5. The van der Waals surface area contributed by atoms with Crippen LogP contribution in [0.4, 0.5) is 0 Å². The minimum absolute atomic E-state index is 0.0946. The van der Waals surface area contributed by atoms with Crippen LogP contribution in [-0.4, -0.2) is 21.9 Å². The van der Waals surface area contributed by atoms with Crippen LogP contribution in [-0.2, 0) is 5.75 Å². The zero-order valence-corrected chi connectivity index (χ0v) is 10.4. The molecule has 0 spiro atoms. The molecule has 2 N–H and O–H groups in total. The first-order valence-corrected chi connectivity index (χ1v) is 6.50. The van der Waals surface area contributed by atoms with Crippen molar-refractivity contribution in [2.24, 2.45) is 5.73 Å². The number of hydrogen-bond donors (Lipinski definition) is 1. The Hall–Kier alpha value is -0.550. The first-order chi connectivity index (χ1) is 7.19. The summed E-state index contributed by atoms with van der Waals surface area (Å²) in [5, 5.41) is 3.93. The maximum Gasteiger partial charge on any atom is 0.231 e. The topological polar surface area (TPSA) is 64.9 Å². The van der Waals surface area contributed by atoms with E-state index in [-0.39, 0.29) is 12.0 Å². The zero-order valence-electron chi connectivity index (χ0n) is 9.56. The van der Waals surface area contributed by atoms with Gasteiger partial charge in [0.1, 0.15) is 0 Å². The monoisotopic (exact) mass is 229 g/mol. The average Bonchev–Trinajstić information content (AvgIpc) is 2.72. The summed E-state index contributed by atoms with van der Waals surface area (Å²) < 4.78 is 5.19. The van der Waals surface area contributed by atoms with Gasteiger partial charge in [0.25, 0.3) is 0 Å². The Morgan fingerprint density at radius 2 is 2.20 bits per heavy atom. The summed E-state index contributed by atoms with van der Waals surface area (Å²) in [6.07, 6.45) is 0.919. The fourth-order valence-electron chi connectivity index (χ4n) is 1.24. The maximum atomic E-state index is 5.92. The number of thioether (sulfide) groups is 1. The van der Waals surface area contributed by atoms with Gasteiger partial charge in [-0.1, -0.05) is 25.9 Å². The van der Waals surface area contributed by atoms with E-state index in [2.05, 4.69) is 24.0 Å². The van der Waals surface area contributed by atoms with Crippen LogP contribution >= 0.6 is 11.8 Å². The lowest BCUT2D eigenvalue weighted by Gasteiger charge is -2.13. The molecule has 0 amide bonds. The van der Waals surface area contributed by atoms with Gasteiger partial charge >= 0.3 is 0 Å². The molecule has 0 saturated carbocycles. The van der Waals surface area contributed by atoms with Crippen molar-refractivity contribution in [1.29, 1.82) is 0 Å². The summed E-state index contributed by atoms with van der Waals surface area (Å²) in [5.41, 5.74) is 5.92. The molecule has 0 bridgehead atoms. The summed E-state index contributed by atoms with van der Waals surface area (Å²) in [7, 11) is 0. The van der Waals surface area contributed by atoms with E-state index in [0.29, 0.717) is 5.89 Å². The first-order valence-electron chi connectivity index (χ1n) is 5.34. The van der Waals surface area contributed by atoms with E-state index in [0.717, 1.165) is 23.8 Å². The highest BCUT2D eigenvalue weighted by Crippen LogP contribution is 2.19. The predicted octanol–water partition coefficient (Wildman–Crippen LogP) is 2.16. The SMILES string of the molecule is CCSCc1noc(C(C)C(N)CC)n1. The van der Waals surface area contributed by atoms with Crippen molar-refractivity contribution in [2.45, 2.75) is 44.9 Å². The van der Waals surface area contributed by atoms with Gasteiger partial charge in [0, 0.05) is 6.04 Å². The van der Waals surface area contributed by atoms with Crippen LogP contribution in [0.1, 0.15) is 44.8 Å². The molecule has 15 heavy (non-hydrogen) atoms. The number of rotatable bonds is 6. The summed E-state index contributed by atoms with van der Waals surface area (Å²) >= 11 is 1.78. The third-order valence-electron chi connectivity index (χ3n) is 2.42. The van der Waals surface area contributed by atoms with Crippen LogP contribution in [0.2, 0.25) is 0 Å². The molecule has 0 radical (unpaired) electrons. The highest BCUT2D eigenvalue weighted by atomic mass is 32.2. The van der Waals surface area contributed by atoms with Crippen molar-refractivity contribution in [3.63, 3.8) is 0 Å². The van der Waals surface area contributed by atoms with E-state index in [1.165, 1.54) is 0 Å². The summed E-state index contributed by atoms with van der Waals surface area (Å²) in [5.74, 6) is 3.45. The molecule has 2 atom stereocenters. The Labute approximate surface area is 95.0 Å². The second kappa shape index (κ2) is 6.12. The van der Waals surface area contributed by atoms with Crippen molar-refractivity contribution >= 4 is 11.8 Å². The number of hydrogen-bond acceptors (Lipinski definition) is 5. The summed E-state index contributed by atoms with van der Waals surface area (Å²) in [4.78, 5) is 4.34. The fourth-order valence-corrected chi connectivity index (χ4v) is 1.75. The number of nitrogens with two attached hydrogens (primary N) is 1. The van der Waals surface area contributed by atoms with E-state index in [4.69, 9.17) is 10.3 Å². The second-order valence-electron chi connectivity index (χ2n) is 3.55. The predicted molar refractivity (Wildman–Crippen MR) is 62.8 cm³/mol. The van der Waals surface area contributed by atoms with E-state index in [1.54, 1.807) is 11.8 Å². The molecule has 2 unspecified atom stereocenters. The Balaban J connectivity index is 2.58. The van der Waals surface area contributed by atoms with E-state index in [9.17, 15) is 0 Å². The molecular formula is C10H19N3OS. The molecule has 0 aliphatic rings. The Kier molecular flexibility index (Phi) is 5.11. The molecule has 5 heteroatoms. The van der Waals surface area contributed by atoms with Gasteiger partial charge in [-0.3, -0.25) is 0 Å². The van der Waals surface area contributed by atoms with Crippen LogP contribution in [0.5, 0.6) is 0 Å². The van der Waals surface area contributed by atoms with Gasteiger partial charge in [0.15, 0.2) is 5.82 Å². The van der Waals surface area contributed by atoms with Crippen molar-refractivity contribution < 1.29 is 4.52 Å². The molecule has 0 saturated heterocycles. The molecule has 4 nitrogen and oxygen atoms in total. The Morgan fingerprint density at radius 1 is 1.47 bits per heavy atom. The summed E-state index contributed by atoms with van der Waals surface area (Å²) in [6.45, 7) is 6.20. The molecule has 1 aromatic rings. The highest BCUT2D eigenvalue weighted by Gasteiger charge is 2.19. The van der Waals surface area contributed by atoms with Crippen LogP contribution in [0.3, 0.4) is 0 Å². The van der Waals surface area contributed by atoms with Crippen LogP contribution in [0.15, 0.2) is 4.52 Å². The third-order valence-corrected chi connectivity index (χ3v) is 3.29. The summed E-state index contributed by atoms with van der Waals surface area (Å²) in [6, 6.07) is 0.0946. The number of nitrogens with zero attached hydrogens (tertiary/aromatic N) is 2. The molecule has 0 fully saturated rings. The number of aromatic nitrogens is 2. The van der Waals surface area contributed by atoms with Crippen LogP contribution in [0.25, 0.3) is 0 Å². The average molecular weight is 229 g/mol. The molecule has 86 valence electrons. The molecule has 0 aromatic carbocycles. The maximum absolute atomic E-state index is 5.92. The normalized spacial score (nSPS) is 15.2. The molecule has 1 aromatic heterocycles. The van der Waals surface area contributed by atoms with Gasteiger partial charge in [0.05, 0.1) is 11.7 Å². The van der Waals surface area contributed by atoms with Gasteiger partial charge in [-0.15, -0.1) is 0 Å². The third kappa shape index (κ3) is 3.50. The lowest BCUT2D eigenvalue weighted by atomic mass is 10.0. The molecule has 0 aliphatic heterocycles. The molecule has 1 rings (SSSR count). The van der Waals surface area contributed by atoms with Crippen molar-refractivity contribution in [3.8, 4) is 0 Å². The van der Waals surface area contributed by atoms with Crippen molar-refractivity contribution in [3.05, 3.63) is 11.7 Å². The quantitative estimate of drug-likeness (QED) is 0.809. The largest absolute Gasteiger partial charge is 0.339 e. The fraction of sp³-hybridized carbons (Fsp3) is 0.800. The van der Waals surface area contributed by atoms with Gasteiger partial charge in [-0.05, 0) is 12.2 Å². The van der Waals surface area contributed by atoms with Gasteiger partial charge in [-0.2, -0.15) is 16.7 Å². The van der Waals surface area contributed by atoms with E-state index < -0.39 is 0 Å². The zero-order chi connectivity index (χ0) is 11.3. The second-order valence-corrected chi connectivity index (χ2v) is 4.82. The van der Waals surface area contributed by atoms with Crippen LogP contribution < -0.4 is 5.73 Å². The standard InChI is InChI=1S/C10H19N3OS/c1-4-8(11)7(3)10-12-9(13-14-10)6-15-5-2/h7-8H,4-6,11H2,1-3H3. The highest BCUT2D eigenvalue weighted by molar-refractivity contribution is 7.98. The molecular weight excluding hydrogens is 210 g/mol. The lowest BCUT2D eigenvalue weighted by Crippen LogP contribution is -2.25. The van der Waals surface area contributed by atoms with E-state index in [1.807, 2.05) is 6.92 Å². The minimum atomic E-state index is 0.0946. The van der Waals surface area contributed by atoms with Crippen molar-refractivity contribution in [1.82, 2.24) is 10.1 Å². The minimum Gasteiger partial charge on any atom is -0.339 e. The van der Waals surface area contributed by atoms with Gasteiger partial charge in [0.2, 0.25) is 5.89 Å². The van der Waals surface area contributed by atoms with Gasteiger partial charge < -0.3 is 10.3 Å². The smallest absolute Gasteiger partial charge is 0.231 e. The molecule has 1 heterocycles. The Morgan fingerprint density at radius 3 is 2.80 bits per heavy atom. The lowest BCUT2D eigenvalue weighted by molar-refractivity contribution is 0.337. The Bertz CT molecular complexity index is 290. The molecule has 0 aliphatic carbocycles.